The third-order valence-electron chi connectivity index (χ3n) is 2.17. The SMILES string of the molecule is O=C(Nc1ccc(Cl)cc1)c1c[nH]ccc1=O. The van der Waals surface area contributed by atoms with Gasteiger partial charge in [0.1, 0.15) is 5.56 Å². The highest BCUT2D eigenvalue weighted by Crippen LogP contribution is 2.13. The van der Waals surface area contributed by atoms with E-state index in [1.165, 1.54) is 18.5 Å². The first-order valence-electron chi connectivity index (χ1n) is 4.91. The van der Waals surface area contributed by atoms with E-state index in [-0.39, 0.29) is 11.0 Å². The van der Waals surface area contributed by atoms with Crippen LogP contribution in [-0.2, 0) is 0 Å². The molecule has 4 nitrogen and oxygen atoms in total. The molecule has 0 saturated heterocycles. The molecule has 17 heavy (non-hydrogen) atoms. The number of amides is 1. The van der Waals surface area contributed by atoms with Crippen LogP contribution in [0.5, 0.6) is 0 Å². The molecule has 0 aliphatic rings. The number of H-pyrrole nitrogens is 1. The van der Waals surface area contributed by atoms with Crippen LogP contribution in [0.2, 0.25) is 5.02 Å². The summed E-state index contributed by atoms with van der Waals surface area (Å²) in [6, 6.07) is 7.95. The van der Waals surface area contributed by atoms with Crippen molar-refractivity contribution >= 4 is 23.2 Å². The molecule has 0 aliphatic carbocycles. The second kappa shape index (κ2) is 4.84. The Morgan fingerprint density at radius 1 is 1.18 bits per heavy atom. The molecule has 1 heterocycles. The van der Waals surface area contributed by atoms with E-state index in [0.29, 0.717) is 10.7 Å². The van der Waals surface area contributed by atoms with E-state index >= 15 is 0 Å². The molecule has 0 saturated carbocycles. The molecule has 1 aromatic carbocycles. The number of hydrogen-bond acceptors (Lipinski definition) is 2. The summed E-state index contributed by atoms with van der Waals surface area (Å²) < 4.78 is 0. The number of pyridine rings is 1. The van der Waals surface area contributed by atoms with Crippen molar-refractivity contribution in [3.05, 3.63) is 63.5 Å². The molecule has 0 atom stereocenters. The van der Waals surface area contributed by atoms with Gasteiger partial charge in [-0.25, -0.2) is 0 Å². The van der Waals surface area contributed by atoms with Crippen LogP contribution in [0.15, 0.2) is 47.5 Å². The van der Waals surface area contributed by atoms with E-state index in [9.17, 15) is 9.59 Å². The van der Waals surface area contributed by atoms with E-state index in [1.807, 2.05) is 0 Å². The molecular weight excluding hydrogens is 240 g/mol. The maximum Gasteiger partial charge on any atom is 0.261 e. The second-order valence-electron chi connectivity index (χ2n) is 3.38. The zero-order valence-corrected chi connectivity index (χ0v) is 9.49. The summed E-state index contributed by atoms with van der Waals surface area (Å²) in [5.74, 6) is -0.450. The molecule has 0 unspecified atom stereocenters. The number of nitrogens with one attached hydrogen (secondary N) is 2. The molecule has 1 amide bonds. The van der Waals surface area contributed by atoms with Gasteiger partial charge in [0.2, 0.25) is 0 Å². The normalized spacial score (nSPS) is 9.94. The van der Waals surface area contributed by atoms with Gasteiger partial charge >= 0.3 is 0 Å². The van der Waals surface area contributed by atoms with Crippen LogP contribution in [-0.4, -0.2) is 10.9 Å². The van der Waals surface area contributed by atoms with Gasteiger partial charge in [0, 0.05) is 29.2 Å². The van der Waals surface area contributed by atoms with Crippen molar-refractivity contribution < 1.29 is 4.79 Å². The lowest BCUT2D eigenvalue weighted by Gasteiger charge is -2.04. The average molecular weight is 249 g/mol. The molecular formula is C12H9ClN2O2. The van der Waals surface area contributed by atoms with Crippen LogP contribution in [0.4, 0.5) is 5.69 Å². The van der Waals surface area contributed by atoms with Crippen LogP contribution in [0.25, 0.3) is 0 Å². The van der Waals surface area contributed by atoms with Crippen molar-refractivity contribution in [3.8, 4) is 0 Å². The number of hydrogen-bond donors (Lipinski definition) is 2. The van der Waals surface area contributed by atoms with Gasteiger partial charge in [0.25, 0.3) is 5.91 Å². The standard InChI is InChI=1S/C12H9ClN2O2/c13-8-1-3-9(4-2-8)15-12(17)10-7-14-6-5-11(10)16/h1-7H,(H,14,16)(H,15,17). The Kier molecular flexibility index (Phi) is 3.25. The highest BCUT2D eigenvalue weighted by atomic mass is 35.5. The van der Waals surface area contributed by atoms with E-state index < -0.39 is 5.91 Å². The minimum Gasteiger partial charge on any atom is -0.367 e. The van der Waals surface area contributed by atoms with Crippen LogP contribution in [0, 0.1) is 0 Å². The molecule has 0 fully saturated rings. The topological polar surface area (TPSA) is 62.0 Å². The number of halogens is 1. The molecule has 5 heteroatoms. The van der Waals surface area contributed by atoms with Crippen molar-refractivity contribution in [2.75, 3.05) is 5.32 Å². The van der Waals surface area contributed by atoms with Crippen LogP contribution < -0.4 is 10.7 Å². The third kappa shape index (κ3) is 2.73. The molecule has 0 aliphatic heterocycles. The minimum absolute atomic E-state index is 0.0717. The first kappa shape index (κ1) is 11.4. The lowest BCUT2D eigenvalue weighted by atomic mass is 10.2. The molecule has 2 aromatic rings. The Bertz CT molecular complexity index is 590. The van der Waals surface area contributed by atoms with Crippen LogP contribution >= 0.6 is 11.6 Å². The molecule has 0 spiro atoms. The number of aromatic nitrogens is 1. The van der Waals surface area contributed by atoms with E-state index in [1.54, 1.807) is 24.3 Å². The number of benzene rings is 1. The van der Waals surface area contributed by atoms with Crippen LogP contribution in [0.1, 0.15) is 10.4 Å². The summed E-state index contributed by atoms with van der Waals surface area (Å²) in [7, 11) is 0. The number of anilines is 1. The fourth-order valence-corrected chi connectivity index (χ4v) is 1.45. The minimum atomic E-state index is -0.450. The van der Waals surface area contributed by atoms with Gasteiger partial charge in [-0.05, 0) is 24.3 Å². The quantitative estimate of drug-likeness (QED) is 0.857. The number of aromatic amines is 1. The lowest BCUT2D eigenvalue weighted by molar-refractivity contribution is 0.102. The Hall–Kier alpha value is -2.07. The molecule has 1 aromatic heterocycles. The van der Waals surface area contributed by atoms with Gasteiger partial charge in [-0.2, -0.15) is 0 Å². The molecule has 2 rings (SSSR count). The summed E-state index contributed by atoms with van der Waals surface area (Å²) >= 11 is 5.72. The number of rotatable bonds is 2. The number of carbonyl (C=O) groups is 1. The van der Waals surface area contributed by atoms with E-state index in [4.69, 9.17) is 11.6 Å². The highest BCUT2D eigenvalue weighted by Gasteiger charge is 2.09. The summed E-state index contributed by atoms with van der Waals surface area (Å²) in [6.45, 7) is 0. The monoisotopic (exact) mass is 248 g/mol. The fraction of sp³-hybridized carbons (Fsp3) is 0. The summed E-state index contributed by atoms with van der Waals surface area (Å²) in [4.78, 5) is 25.9. The van der Waals surface area contributed by atoms with Crippen molar-refractivity contribution in [2.45, 2.75) is 0 Å². The summed E-state index contributed by atoms with van der Waals surface area (Å²) in [5.41, 5.74) is 0.334. The Morgan fingerprint density at radius 2 is 1.88 bits per heavy atom. The van der Waals surface area contributed by atoms with Crippen molar-refractivity contribution in [3.63, 3.8) is 0 Å². The third-order valence-corrected chi connectivity index (χ3v) is 2.42. The van der Waals surface area contributed by atoms with Crippen LogP contribution in [0.3, 0.4) is 0 Å². The predicted octanol–water partition coefficient (Wildman–Crippen LogP) is 2.28. The highest BCUT2D eigenvalue weighted by molar-refractivity contribution is 6.30. The zero-order chi connectivity index (χ0) is 12.3. The van der Waals surface area contributed by atoms with Gasteiger partial charge in [-0.1, -0.05) is 11.6 Å². The second-order valence-corrected chi connectivity index (χ2v) is 3.82. The predicted molar refractivity (Wildman–Crippen MR) is 66.5 cm³/mol. The first-order valence-corrected chi connectivity index (χ1v) is 5.28. The largest absolute Gasteiger partial charge is 0.367 e. The van der Waals surface area contributed by atoms with E-state index in [2.05, 4.69) is 10.3 Å². The Labute approximate surface area is 102 Å². The summed E-state index contributed by atoms with van der Waals surface area (Å²) in [5, 5.41) is 3.19. The smallest absolute Gasteiger partial charge is 0.261 e. The van der Waals surface area contributed by atoms with Gasteiger partial charge in [-0.15, -0.1) is 0 Å². The molecule has 86 valence electrons. The van der Waals surface area contributed by atoms with Gasteiger partial charge in [0.15, 0.2) is 5.43 Å². The van der Waals surface area contributed by atoms with Crippen molar-refractivity contribution in [1.82, 2.24) is 4.98 Å². The van der Waals surface area contributed by atoms with Gasteiger partial charge < -0.3 is 10.3 Å². The number of carbonyl (C=O) groups excluding carboxylic acids is 1. The van der Waals surface area contributed by atoms with Crippen molar-refractivity contribution in [1.29, 1.82) is 0 Å². The summed E-state index contributed by atoms with van der Waals surface area (Å²) in [6.07, 6.45) is 2.84. The van der Waals surface area contributed by atoms with E-state index in [0.717, 1.165) is 0 Å². The molecule has 0 radical (unpaired) electrons. The fourth-order valence-electron chi connectivity index (χ4n) is 1.33. The van der Waals surface area contributed by atoms with Gasteiger partial charge in [0.05, 0.1) is 0 Å². The average Bonchev–Trinajstić information content (AvgIpc) is 2.32. The Balaban J connectivity index is 2.20. The maximum atomic E-state index is 11.8. The lowest BCUT2D eigenvalue weighted by Crippen LogP contribution is -2.20. The zero-order valence-electron chi connectivity index (χ0n) is 8.74. The molecule has 2 N–H and O–H groups in total. The molecule has 0 bridgehead atoms. The Morgan fingerprint density at radius 3 is 2.53 bits per heavy atom. The van der Waals surface area contributed by atoms with Gasteiger partial charge in [-0.3, -0.25) is 9.59 Å². The maximum absolute atomic E-state index is 11.8. The van der Waals surface area contributed by atoms with Crippen molar-refractivity contribution in [2.24, 2.45) is 0 Å². The first-order chi connectivity index (χ1) is 8.16.